The topological polar surface area (TPSA) is 173 Å². The Morgan fingerprint density at radius 3 is 2.57 bits per heavy atom. The standard InChI is InChI=1S/C58H63NO9S4/c1-4-28-20-45-51(59-25-28)32-8-5-7-29(18-32)19-36-40(26-70-71-45)37(21-33(52(36)63)17-27(2)3)56-55(66)54(65)50-44(68-56)24-42(62)48-38-22-35-30(14-15-60)10-11-31-12-13-34-49(46(31)35)47(38)39-23-43(67-57(48)50)41(61)9-6-16-69-72-58(34)53(39)64/h5,7-8,12-13,18,21-22,24,27-28,30,39,41,43,45,51,53,58-64,66H,4,6,9-11,14-17,19-20,23,25-26H2,1-3H3. The first-order chi connectivity index (χ1) is 34.9. The summed E-state index contributed by atoms with van der Waals surface area (Å²) in [6.07, 6.45) is 4.00. The summed E-state index contributed by atoms with van der Waals surface area (Å²) in [6, 6.07) is 18.6. The van der Waals surface area contributed by atoms with Crippen LogP contribution in [0.5, 0.6) is 23.0 Å². The monoisotopic (exact) mass is 1050 g/mol. The Balaban J connectivity index is 1.09. The number of fused-ring (bicyclic) bond motifs is 12. The average molecular weight is 1050 g/mol. The maximum Gasteiger partial charge on any atom is 0.238 e. The van der Waals surface area contributed by atoms with Crippen LogP contribution in [-0.4, -0.2) is 73.1 Å². The zero-order valence-electron chi connectivity index (χ0n) is 40.9. The molecule has 2 aliphatic carbocycles. The van der Waals surface area contributed by atoms with Crippen molar-refractivity contribution < 1.29 is 39.8 Å². The lowest BCUT2D eigenvalue weighted by Gasteiger charge is -2.42. The van der Waals surface area contributed by atoms with E-state index in [-0.39, 0.29) is 80.9 Å². The summed E-state index contributed by atoms with van der Waals surface area (Å²) in [6.45, 7) is 7.41. The van der Waals surface area contributed by atoms with Gasteiger partial charge in [-0.25, -0.2) is 0 Å². The molecule has 7 N–H and O–H groups in total. The van der Waals surface area contributed by atoms with E-state index in [4.69, 9.17) is 9.15 Å². The second-order valence-corrected chi connectivity index (χ2v) is 26.8. The number of hydrogen-bond donors (Lipinski definition) is 7. The van der Waals surface area contributed by atoms with E-state index in [9.17, 15) is 30.6 Å². The molecule has 5 bridgehead atoms. The molecule has 6 aromatic rings. The zero-order valence-corrected chi connectivity index (χ0v) is 44.2. The molecule has 9 atom stereocenters. The molecule has 0 saturated carbocycles. The van der Waals surface area contributed by atoms with Crippen molar-refractivity contribution in [3.63, 3.8) is 0 Å². The number of piperidine rings is 1. The molecule has 12 rings (SSSR count). The van der Waals surface area contributed by atoms with Gasteiger partial charge >= 0.3 is 0 Å². The number of benzene rings is 5. The molecule has 378 valence electrons. The number of hydrogen-bond acceptors (Lipinski definition) is 14. The highest BCUT2D eigenvalue weighted by Gasteiger charge is 2.46. The fourth-order valence-corrected chi connectivity index (χ4v) is 19.1. The number of rotatable bonds is 6. The van der Waals surface area contributed by atoms with Crippen molar-refractivity contribution in [2.45, 2.75) is 137 Å². The van der Waals surface area contributed by atoms with E-state index in [2.05, 4.69) is 68.6 Å². The van der Waals surface area contributed by atoms with Crippen molar-refractivity contribution in [1.82, 2.24) is 5.32 Å². The van der Waals surface area contributed by atoms with Gasteiger partial charge in [-0.2, -0.15) is 0 Å². The third kappa shape index (κ3) is 8.24. The highest BCUT2D eigenvalue weighted by atomic mass is 33.1. The largest absolute Gasteiger partial charge is 0.507 e. The molecule has 1 aromatic heterocycles. The molecular formula is C58H63NO9S4. The maximum atomic E-state index is 15.5. The van der Waals surface area contributed by atoms with E-state index < -0.39 is 35.4 Å². The van der Waals surface area contributed by atoms with Gasteiger partial charge in [-0.3, -0.25) is 4.79 Å². The molecule has 9 unspecified atom stereocenters. The molecule has 0 amide bonds. The number of ether oxygens (including phenoxy) is 1. The van der Waals surface area contributed by atoms with Crippen molar-refractivity contribution in [3.8, 4) is 45.4 Å². The minimum atomic E-state index is -0.974. The zero-order chi connectivity index (χ0) is 49.7. The lowest BCUT2D eigenvalue weighted by atomic mass is 9.68. The normalized spacial score (nSPS) is 26.7. The number of phenolic OH excluding ortho intramolecular Hbond substituents is 2. The summed E-state index contributed by atoms with van der Waals surface area (Å²) < 4.78 is 13.9. The minimum Gasteiger partial charge on any atom is -0.507 e. The number of aromatic hydroxyl groups is 3. The summed E-state index contributed by atoms with van der Waals surface area (Å²) in [5.41, 5.74) is 9.22. The van der Waals surface area contributed by atoms with Crippen molar-refractivity contribution in [1.29, 1.82) is 0 Å². The molecule has 5 heterocycles. The van der Waals surface area contributed by atoms with Crippen molar-refractivity contribution in [2.24, 2.45) is 11.8 Å². The first-order valence-corrected chi connectivity index (χ1v) is 30.8. The van der Waals surface area contributed by atoms with Gasteiger partial charge in [0.05, 0.1) is 23.0 Å². The first-order valence-electron chi connectivity index (χ1n) is 26.0. The number of nitrogens with one attached hydrogen (secondary N) is 1. The Hall–Kier alpha value is -3.99. The number of aryl methyl sites for hydroxylation is 1. The lowest BCUT2D eigenvalue weighted by molar-refractivity contribution is 0.00975. The quantitative estimate of drug-likeness (QED) is 0.0786. The summed E-state index contributed by atoms with van der Waals surface area (Å²) >= 11 is 0. The van der Waals surface area contributed by atoms with E-state index in [0.717, 1.165) is 82.1 Å². The van der Waals surface area contributed by atoms with Crippen LogP contribution in [0.4, 0.5) is 0 Å². The van der Waals surface area contributed by atoms with Gasteiger partial charge in [-0.1, -0.05) is 107 Å². The molecule has 0 radical (unpaired) electrons. The number of aliphatic hydroxyl groups excluding tert-OH is 3. The Bertz CT molecular complexity index is 3190. The van der Waals surface area contributed by atoms with Gasteiger partial charge in [0.15, 0.2) is 5.76 Å². The smallest absolute Gasteiger partial charge is 0.238 e. The maximum absolute atomic E-state index is 15.5. The molecule has 4 aliphatic heterocycles. The van der Waals surface area contributed by atoms with Crippen molar-refractivity contribution in [2.75, 3.05) is 18.9 Å². The van der Waals surface area contributed by atoms with Gasteiger partial charge in [0.2, 0.25) is 11.2 Å². The van der Waals surface area contributed by atoms with Crippen molar-refractivity contribution in [3.05, 3.63) is 115 Å². The van der Waals surface area contributed by atoms with Crippen molar-refractivity contribution >= 4 is 64.9 Å². The number of phenols is 2. The van der Waals surface area contributed by atoms with E-state index in [1.165, 1.54) is 17.2 Å². The highest BCUT2D eigenvalue weighted by molar-refractivity contribution is 8.77. The van der Waals surface area contributed by atoms with Gasteiger partial charge < -0.3 is 45.1 Å². The Morgan fingerprint density at radius 2 is 1.75 bits per heavy atom. The van der Waals surface area contributed by atoms with Crippen LogP contribution in [0.25, 0.3) is 44.2 Å². The third-order valence-corrected chi connectivity index (χ3v) is 22.3. The summed E-state index contributed by atoms with van der Waals surface area (Å²) in [5, 5.41) is 78.6. The molecule has 5 aromatic carbocycles. The van der Waals surface area contributed by atoms with Crippen LogP contribution < -0.4 is 15.5 Å². The third-order valence-electron chi connectivity index (χ3n) is 16.7. The molecule has 6 aliphatic rings. The van der Waals surface area contributed by atoms with Crippen LogP contribution in [0.15, 0.2) is 63.8 Å². The van der Waals surface area contributed by atoms with Crippen LogP contribution in [0.3, 0.4) is 0 Å². The Kier molecular flexibility index (Phi) is 13.3. The Morgan fingerprint density at radius 1 is 0.889 bits per heavy atom. The average Bonchev–Trinajstić information content (AvgIpc) is 3.39. The van der Waals surface area contributed by atoms with Crippen LogP contribution in [-0.2, 0) is 25.0 Å². The molecule has 2 saturated heterocycles. The van der Waals surface area contributed by atoms with E-state index >= 15 is 4.79 Å². The SMILES string of the molecule is CCC1CNC2c3cccc(c3)Cc3c(O)c(CC(C)C)cc(-c4oc5cc(O)c6c(c5c(=O)c4O)OC4CC5c7c-6cc6c8c(ccc(c78)C(SSCCCC4O)C5O)CCC6CCO)c3CSSC2C1. The number of aliphatic hydroxyl groups is 3. The second kappa shape index (κ2) is 19.6. The first kappa shape index (κ1) is 48.9. The predicted octanol–water partition coefficient (Wildman–Crippen LogP) is 12.1. The Labute approximate surface area is 435 Å². The molecule has 72 heavy (non-hydrogen) atoms. The van der Waals surface area contributed by atoms with Gasteiger partial charge in [0, 0.05) is 58.9 Å². The van der Waals surface area contributed by atoms with Gasteiger partial charge in [0.1, 0.15) is 34.3 Å². The van der Waals surface area contributed by atoms with E-state index in [1.807, 2.05) is 16.9 Å². The lowest BCUT2D eigenvalue weighted by Crippen LogP contribution is -2.40. The molecule has 10 nitrogen and oxygen atoms in total. The molecule has 14 heteroatoms. The molecule has 0 spiro atoms. The van der Waals surface area contributed by atoms with Crippen LogP contribution in [0.2, 0.25) is 0 Å². The summed E-state index contributed by atoms with van der Waals surface area (Å²) in [4.78, 5) is 15.5. The van der Waals surface area contributed by atoms with E-state index in [0.29, 0.717) is 60.5 Å². The van der Waals surface area contributed by atoms with Crippen LogP contribution in [0, 0.1) is 11.8 Å². The van der Waals surface area contributed by atoms with Crippen LogP contribution in [0.1, 0.15) is 139 Å². The van der Waals surface area contributed by atoms with Gasteiger partial charge in [-0.15, -0.1) is 0 Å². The molecule has 2 fully saturated rings. The predicted molar refractivity (Wildman–Crippen MR) is 294 cm³/mol. The summed E-state index contributed by atoms with van der Waals surface area (Å²) in [7, 11) is 6.93. The minimum absolute atomic E-state index is 0.0116. The fraction of sp³-hybridized carbons (Fsp3) is 0.466. The van der Waals surface area contributed by atoms with Gasteiger partial charge in [0.25, 0.3) is 0 Å². The summed E-state index contributed by atoms with van der Waals surface area (Å²) in [5.74, 6) is 0.835. The van der Waals surface area contributed by atoms with Gasteiger partial charge in [-0.05, 0) is 149 Å². The molecular weight excluding hydrogens is 983 g/mol. The van der Waals surface area contributed by atoms with Crippen LogP contribution >= 0.6 is 43.2 Å². The highest BCUT2D eigenvalue weighted by Crippen LogP contribution is 2.61. The van der Waals surface area contributed by atoms with E-state index in [1.54, 1.807) is 32.4 Å². The fourth-order valence-electron chi connectivity index (χ4n) is 13.1. The second-order valence-electron chi connectivity index (χ2n) is 21.6.